The molecule has 0 atom stereocenters. The summed E-state index contributed by atoms with van der Waals surface area (Å²) in [5.41, 5.74) is 0.770. The van der Waals surface area contributed by atoms with Gasteiger partial charge in [-0.1, -0.05) is 11.6 Å². The van der Waals surface area contributed by atoms with Crippen LogP contribution in [0.1, 0.15) is 12.8 Å². The second-order valence-corrected chi connectivity index (χ2v) is 3.56. The van der Waals surface area contributed by atoms with Crippen LogP contribution in [0.5, 0.6) is 0 Å². The van der Waals surface area contributed by atoms with E-state index in [1.54, 1.807) is 0 Å². The van der Waals surface area contributed by atoms with E-state index in [0.29, 0.717) is 5.02 Å². The lowest BCUT2D eigenvalue weighted by molar-refractivity contribution is 0.583. The van der Waals surface area contributed by atoms with Gasteiger partial charge in [-0.15, -0.1) is 0 Å². The Labute approximate surface area is 81.3 Å². The molecular weight excluding hydrogens is 191 g/mol. The number of aromatic nitrogens is 1. The van der Waals surface area contributed by atoms with E-state index in [2.05, 4.69) is 9.88 Å². The molecule has 0 N–H and O–H groups in total. The fourth-order valence-electron chi connectivity index (χ4n) is 1.60. The van der Waals surface area contributed by atoms with E-state index in [1.165, 1.54) is 12.3 Å². The van der Waals surface area contributed by atoms with Gasteiger partial charge in [0.2, 0.25) is 5.95 Å². The maximum absolute atomic E-state index is 12.8. The van der Waals surface area contributed by atoms with Gasteiger partial charge >= 0.3 is 0 Å². The number of rotatable bonds is 1. The molecule has 0 aliphatic carbocycles. The maximum atomic E-state index is 12.8. The molecule has 1 saturated heterocycles. The van der Waals surface area contributed by atoms with Crippen molar-refractivity contribution in [2.24, 2.45) is 0 Å². The van der Waals surface area contributed by atoms with Crippen LogP contribution in [0, 0.1) is 5.95 Å². The quantitative estimate of drug-likeness (QED) is 0.648. The zero-order valence-corrected chi connectivity index (χ0v) is 7.89. The second-order valence-electron chi connectivity index (χ2n) is 3.15. The Balaban J connectivity index is 2.32. The highest BCUT2D eigenvalue weighted by molar-refractivity contribution is 6.33. The first-order valence-electron chi connectivity index (χ1n) is 4.33. The molecule has 1 fully saturated rings. The smallest absolute Gasteiger partial charge is 0.214 e. The highest BCUT2D eigenvalue weighted by Gasteiger charge is 2.15. The third-order valence-corrected chi connectivity index (χ3v) is 2.54. The third kappa shape index (κ3) is 1.75. The molecule has 1 aromatic heterocycles. The maximum Gasteiger partial charge on any atom is 0.214 e. The van der Waals surface area contributed by atoms with Crippen molar-refractivity contribution >= 4 is 17.3 Å². The summed E-state index contributed by atoms with van der Waals surface area (Å²) < 4.78 is 12.8. The number of nitrogens with zero attached hydrogens (tertiary/aromatic N) is 2. The summed E-state index contributed by atoms with van der Waals surface area (Å²) in [4.78, 5) is 5.58. The first-order valence-corrected chi connectivity index (χ1v) is 4.71. The highest BCUT2D eigenvalue weighted by Crippen LogP contribution is 2.27. The van der Waals surface area contributed by atoms with Gasteiger partial charge in [-0.3, -0.25) is 0 Å². The number of pyridine rings is 1. The van der Waals surface area contributed by atoms with Crippen LogP contribution >= 0.6 is 11.6 Å². The Kier molecular flexibility index (Phi) is 2.36. The molecule has 0 spiro atoms. The van der Waals surface area contributed by atoms with Gasteiger partial charge in [0.15, 0.2) is 0 Å². The molecule has 0 bridgehead atoms. The summed E-state index contributed by atoms with van der Waals surface area (Å²) in [6, 6.07) is 1.40. The summed E-state index contributed by atoms with van der Waals surface area (Å²) >= 11 is 5.91. The van der Waals surface area contributed by atoms with Crippen molar-refractivity contribution in [2.75, 3.05) is 18.0 Å². The predicted octanol–water partition coefficient (Wildman–Crippen LogP) is 2.47. The first kappa shape index (κ1) is 8.75. The molecule has 1 aliphatic rings. The molecule has 2 nitrogen and oxygen atoms in total. The van der Waals surface area contributed by atoms with E-state index in [1.807, 2.05) is 0 Å². The summed E-state index contributed by atoms with van der Waals surface area (Å²) in [5.74, 6) is -0.466. The first-order chi connectivity index (χ1) is 6.27. The number of hydrogen-bond donors (Lipinski definition) is 0. The summed E-state index contributed by atoms with van der Waals surface area (Å²) in [6.45, 7) is 1.92. The van der Waals surface area contributed by atoms with Gasteiger partial charge in [-0.25, -0.2) is 4.98 Å². The standard InChI is InChI=1S/C9H10ClFN2/c10-7-6-12-9(11)5-8(7)13-3-1-2-4-13/h5-6H,1-4H2. The van der Waals surface area contributed by atoms with Crippen LogP contribution < -0.4 is 4.90 Å². The van der Waals surface area contributed by atoms with E-state index < -0.39 is 5.95 Å². The zero-order valence-electron chi connectivity index (χ0n) is 7.13. The Hall–Kier alpha value is -0.830. The minimum Gasteiger partial charge on any atom is -0.370 e. The molecule has 0 unspecified atom stereocenters. The topological polar surface area (TPSA) is 16.1 Å². The van der Waals surface area contributed by atoms with Crippen molar-refractivity contribution in [1.82, 2.24) is 4.98 Å². The molecule has 2 rings (SSSR count). The van der Waals surface area contributed by atoms with E-state index in [4.69, 9.17) is 11.6 Å². The molecule has 2 heterocycles. The van der Waals surface area contributed by atoms with Crippen LogP contribution in [0.3, 0.4) is 0 Å². The molecule has 1 aromatic rings. The summed E-state index contributed by atoms with van der Waals surface area (Å²) in [5, 5.41) is 0.531. The second kappa shape index (κ2) is 3.50. The Morgan fingerprint density at radius 1 is 1.38 bits per heavy atom. The fourth-order valence-corrected chi connectivity index (χ4v) is 1.83. The van der Waals surface area contributed by atoms with E-state index in [0.717, 1.165) is 31.6 Å². The fraction of sp³-hybridized carbons (Fsp3) is 0.444. The molecule has 1 aliphatic heterocycles. The van der Waals surface area contributed by atoms with Crippen molar-refractivity contribution in [2.45, 2.75) is 12.8 Å². The average molecular weight is 201 g/mol. The summed E-state index contributed by atoms with van der Waals surface area (Å²) in [6.07, 6.45) is 3.67. The van der Waals surface area contributed by atoms with Gasteiger partial charge in [0.1, 0.15) is 0 Å². The Morgan fingerprint density at radius 3 is 2.77 bits per heavy atom. The van der Waals surface area contributed by atoms with E-state index in [-0.39, 0.29) is 0 Å². The van der Waals surface area contributed by atoms with Crippen LogP contribution in [0.4, 0.5) is 10.1 Å². The van der Waals surface area contributed by atoms with Gasteiger partial charge in [-0.2, -0.15) is 4.39 Å². The molecule has 0 aromatic carbocycles. The van der Waals surface area contributed by atoms with Crippen molar-refractivity contribution in [3.05, 3.63) is 23.2 Å². The number of anilines is 1. The van der Waals surface area contributed by atoms with Gasteiger partial charge in [0.25, 0.3) is 0 Å². The normalized spacial score (nSPS) is 16.6. The molecule has 13 heavy (non-hydrogen) atoms. The van der Waals surface area contributed by atoms with Crippen molar-refractivity contribution in [3.8, 4) is 0 Å². The van der Waals surface area contributed by atoms with Crippen molar-refractivity contribution in [3.63, 3.8) is 0 Å². The molecule has 0 radical (unpaired) electrons. The SMILES string of the molecule is Fc1cc(N2CCCC2)c(Cl)cn1. The Bertz CT molecular complexity index is 310. The van der Waals surface area contributed by atoms with Gasteiger partial charge in [-0.05, 0) is 12.8 Å². The van der Waals surface area contributed by atoms with Crippen molar-refractivity contribution < 1.29 is 4.39 Å². The molecule has 0 amide bonds. The molecule has 4 heteroatoms. The molecule has 0 saturated carbocycles. The molecule has 70 valence electrons. The largest absolute Gasteiger partial charge is 0.370 e. The van der Waals surface area contributed by atoms with E-state index in [9.17, 15) is 4.39 Å². The van der Waals surface area contributed by atoms with Crippen LogP contribution in [-0.4, -0.2) is 18.1 Å². The van der Waals surface area contributed by atoms with Gasteiger partial charge < -0.3 is 4.90 Å². The lowest BCUT2D eigenvalue weighted by Gasteiger charge is -2.18. The average Bonchev–Trinajstić information content (AvgIpc) is 2.61. The van der Waals surface area contributed by atoms with Crippen LogP contribution in [0.25, 0.3) is 0 Å². The number of halogens is 2. The lowest BCUT2D eigenvalue weighted by Crippen LogP contribution is -2.18. The Morgan fingerprint density at radius 2 is 2.08 bits per heavy atom. The zero-order chi connectivity index (χ0) is 9.26. The molecular formula is C9H10ClFN2. The highest BCUT2D eigenvalue weighted by atomic mass is 35.5. The minimum atomic E-state index is -0.466. The minimum absolute atomic E-state index is 0.466. The van der Waals surface area contributed by atoms with E-state index >= 15 is 0 Å². The lowest BCUT2D eigenvalue weighted by atomic mass is 10.3. The van der Waals surface area contributed by atoms with Crippen LogP contribution in [0.15, 0.2) is 12.3 Å². The number of hydrogen-bond acceptors (Lipinski definition) is 2. The van der Waals surface area contributed by atoms with Gasteiger partial charge in [0, 0.05) is 19.2 Å². The predicted molar refractivity (Wildman–Crippen MR) is 50.7 cm³/mol. The van der Waals surface area contributed by atoms with Crippen LogP contribution in [-0.2, 0) is 0 Å². The van der Waals surface area contributed by atoms with Crippen molar-refractivity contribution in [1.29, 1.82) is 0 Å². The summed E-state index contributed by atoms with van der Waals surface area (Å²) in [7, 11) is 0. The van der Waals surface area contributed by atoms with Gasteiger partial charge in [0.05, 0.1) is 16.9 Å². The monoisotopic (exact) mass is 200 g/mol. The third-order valence-electron chi connectivity index (χ3n) is 2.25. The van der Waals surface area contributed by atoms with Crippen LogP contribution in [0.2, 0.25) is 5.02 Å².